The summed E-state index contributed by atoms with van der Waals surface area (Å²) in [5.74, 6) is 0.772. The molecule has 0 bridgehead atoms. The van der Waals surface area contributed by atoms with Crippen LogP contribution in [-0.2, 0) is 19.1 Å². The van der Waals surface area contributed by atoms with Gasteiger partial charge < -0.3 is 9.47 Å². The number of ether oxygens (including phenoxy) is 2. The van der Waals surface area contributed by atoms with Crippen LogP contribution in [0.4, 0.5) is 0 Å². The van der Waals surface area contributed by atoms with Crippen molar-refractivity contribution in [3.8, 4) is 0 Å². The molecule has 0 aromatic rings. The van der Waals surface area contributed by atoms with Crippen LogP contribution in [0.15, 0.2) is 0 Å². The number of esters is 2. The van der Waals surface area contributed by atoms with Gasteiger partial charge in [-0.05, 0) is 52.4 Å². The summed E-state index contributed by atoms with van der Waals surface area (Å²) in [7, 11) is 0. The van der Waals surface area contributed by atoms with E-state index in [0.29, 0.717) is 24.7 Å². The van der Waals surface area contributed by atoms with Crippen LogP contribution in [0.25, 0.3) is 0 Å². The van der Waals surface area contributed by atoms with E-state index in [-0.39, 0.29) is 24.1 Å². The lowest BCUT2D eigenvalue weighted by Gasteiger charge is -2.20. The van der Waals surface area contributed by atoms with Crippen molar-refractivity contribution in [2.24, 2.45) is 11.8 Å². The highest BCUT2D eigenvalue weighted by atomic mass is 16.5. The van der Waals surface area contributed by atoms with E-state index >= 15 is 0 Å². The molecule has 25 heavy (non-hydrogen) atoms. The lowest BCUT2D eigenvalue weighted by molar-refractivity contribution is -0.149. The Kier molecular flexibility index (Phi) is 13.5. The van der Waals surface area contributed by atoms with E-state index in [0.717, 1.165) is 32.1 Å². The molecular formula is C21H40O4. The maximum atomic E-state index is 11.8. The maximum Gasteiger partial charge on any atom is 0.306 e. The Morgan fingerprint density at radius 1 is 0.680 bits per heavy atom. The molecule has 0 rings (SSSR count). The van der Waals surface area contributed by atoms with Gasteiger partial charge in [0.15, 0.2) is 0 Å². The van der Waals surface area contributed by atoms with Crippen LogP contribution in [0, 0.1) is 11.8 Å². The molecule has 0 radical (unpaired) electrons. The minimum absolute atomic E-state index is 0.0146. The molecule has 0 aromatic heterocycles. The van der Waals surface area contributed by atoms with Crippen LogP contribution in [-0.4, -0.2) is 24.1 Å². The fraction of sp³-hybridized carbons (Fsp3) is 0.905. The van der Waals surface area contributed by atoms with Gasteiger partial charge in [-0.2, -0.15) is 0 Å². The SMILES string of the molecule is CC(C)OC(=O)CCCCCCCCC(CC(=O)OC(C)C)C(C)C. The molecular weight excluding hydrogens is 316 g/mol. The van der Waals surface area contributed by atoms with E-state index in [9.17, 15) is 9.59 Å². The number of rotatable bonds is 14. The molecule has 0 aliphatic heterocycles. The zero-order chi connectivity index (χ0) is 19.2. The molecule has 0 aliphatic carbocycles. The van der Waals surface area contributed by atoms with E-state index < -0.39 is 0 Å². The van der Waals surface area contributed by atoms with Crippen LogP contribution in [0.5, 0.6) is 0 Å². The predicted molar refractivity (Wildman–Crippen MR) is 102 cm³/mol. The Morgan fingerprint density at radius 3 is 1.68 bits per heavy atom. The summed E-state index contributed by atoms with van der Waals surface area (Å²) in [6.45, 7) is 11.9. The van der Waals surface area contributed by atoms with E-state index in [1.165, 1.54) is 12.8 Å². The van der Waals surface area contributed by atoms with Gasteiger partial charge in [-0.3, -0.25) is 9.59 Å². The Labute approximate surface area is 155 Å². The number of unbranched alkanes of at least 4 members (excludes halogenated alkanes) is 5. The summed E-state index contributed by atoms with van der Waals surface area (Å²) < 4.78 is 10.4. The third-order valence-corrected chi connectivity index (χ3v) is 4.31. The molecule has 0 saturated carbocycles. The summed E-state index contributed by atoms with van der Waals surface area (Å²) in [5, 5.41) is 0. The van der Waals surface area contributed by atoms with Crippen molar-refractivity contribution < 1.29 is 19.1 Å². The van der Waals surface area contributed by atoms with Crippen LogP contribution in [0.3, 0.4) is 0 Å². The van der Waals surface area contributed by atoms with Gasteiger partial charge >= 0.3 is 11.9 Å². The standard InChI is InChI=1S/C21H40O4/c1-16(2)19(15-21(23)25-18(5)6)13-11-9-7-8-10-12-14-20(22)24-17(3)4/h16-19H,7-15H2,1-6H3. The first-order chi connectivity index (χ1) is 11.7. The molecule has 0 spiro atoms. The smallest absolute Gasteiger partial charge is 0.306 e. The Bertz CT molecular complexity index is 361. The first-order valence-corrected chi connectivity index (χ1v) is 10.1. The van der Waals surface area contributed by atoms with E-state index in [1.54, 1.807) is 0 Å². The van der Waals surface area contributed by atoms with Gasteiger partial charge in [0, 0.05) is 12.8 Å². The van der Waals surface area contributed by atoms with Crippen molar-refractivity contribution in [2.75, 3.05) is 0 Å². The van der Waals surface area contributed by atoms with Crippen LogP contribution < -0.4 is 0 Å². The second-order valence-electron chi connectivity index (χ2n) is 7.95. The van der Waals surface area contributed by atoms with E-state index in [1.807, 2.05) is 27.7 Å². The molecule has 0 aromatic carbocycles. The summed E-state index contributed by atoms with van der Waals surface area (Å²) in [4.78, 5) is 23.3. The van der Waals surface area contributed by atoms with E-state index in [4.69, 9.17) is 9.47 Å². The molecule has 0 N–H and O–H groups in total. The molecule has 0 aliphatic rings. The van der Waals surface area contributed by atoms with Crippen LogP contribution in [0.2, 0.25) is 0 Å². The number of hydrogen-bond donors (Lipinski definition) is 0. The molecule has 1 unspecified atom stereocenters. The first kappa shape index (κ1) is 23.9. The Morgan fingerprint density at radius 2 is 1.16 bits per heavy atom. The molecule has 4 heteroatoms. The highest BCUT2D eigenvalue weighted by Crippen LogP contribution is 2.23. The third kappa shape index (κ3) is 14.9. The molecule has 4 nitrogen and oxygen atoms in total. The summed E-state index contributed by atoms with van der Waals surface area (Å²) in [6.07, 6.45) is 8.83. The minimum Gasteiger partial charge on any atom is -0.463 e. The molecule has 0 fully saturated rings. The van der Waals surface area contributed by atoms with Gasteiger partial charge in [-0.15, -0.1) is 0 Å². The fourth-order valence-corrected chi connectivity index (χ4v) is 2.90. The molecule has 148 valence electrons. The van der Waals surface area contributed by atoms with Gasteiger partial charge in [0.25, 0.3) is 0 Å². The Balaban J connectivity index is 3.72. The Hall–Kier alpha value is -1.06. The fourth-order valence-electron chi connectivity index (χ4n) is 2.90. The van der Waals surface area contributed by atoms with Crippen molar-refractivity contribution in [1.29, 1.82) is 0 Å². The maximum absolute atomic E-state index is 11.8. The number of carbonyl (C=O) groups excluding carboxylic acids is 2. The van der Waals surface area contributed by atoms with Gasteiger partial charge in [0.1, 0.15) is 0 Å². The largest absolute Gasteiger partial charge is 0.463 e. The predicted octanol–water partition coefficient (Wildman–Crippen LogP) is 5.67. The lowest BCUT2D eigenvalue weighted by atomic mass is 9.87. The first-order valence-electron chi connectivity index (χ1n) is 10.1. The average Bonchev–Trinajstić information content (AvgIpc) is 2.46. The van der Waals surface area contributed by atoms with Crippen molar-refractivity contribution in [2.45, 2.75) is 112 Å². The summed E-state index contributed by atoms with van der Waals surface area (Å²) in [5.41, 5.74) is 0. The highest BCUT2D eigenvalue weighted by Gasteiger charge is 2.18. The molecule has 0 saturated heterocycles. The second kappa shape index (κ2) is 14.1. The quantitative estimate of drug-likeness (QED) is 0.297. The third-order valence-electron chi connectivity index (χ3n) is 4.31. The zero-order valence-corrected chi connectivity index (χ0v) is 17.3. The second-order valence-corrected chi connectivity index (χ2v) is 7.95. The average molecular weight is 357 g/mol. The van der Waals surface area contributed by atoms with Gasteiger partial charge in [-0.1, -0.05) is 46.0 Å². The molecule has 0 heterocycles. The van der Waals surface area contributed by atoms with Crippen molar-refractivity contribution in [3.63, 3.8) is 0 Å². The van der Waals surface area contributed by atoms with Crippen LogP contribution >= 0.6 is 0 Å². The normalized spacial score (nSPS) is 12.7. The van der Waals surface area contributed by atoms with Crippen molar-refractivity contribution in [1.82, 2.24) is 0 Å². The summed E-state index contributed by atoms with van der Waals surface area (Å²) in [6, 6.07) is 0. The molecule has 0 amide bonds. The number of hydrogen-bond acceptors (Lipinski definition) is 4. The van der Waals surface area contributed by atoms with E-state index in [2.05, 4.69) is 13.8 Å². The van der Waals surface area contributed by atoms with Gasteiger partial charge in [0.05, 0.1) is 12.2 Å². The summed E-state index contributed by atoms with van der Waals surface area (Å²) >= 11 is 0. The molecule has 1 atom stereocenters. The van der Waals surface area contributed by atoms with Crippen molar-refractivity contribution in [3.05, 3.63) is 0 Å². The van der Waals surface area contributed by atoms with Gasteiger partial charge in [-0.25, -0.2) is 0 Å². The van der Waals surface area contributed by atoms with Crippen molar-refractivity contribution >= 4 is 11.9 Å². The zero-order valence-electron chi connectivity index (χ0n) is 17.3. The topological polar surface area (TPSA) is 52.6 Å². The number of carbonyl (C=O) groups is 2. The minimum atomic E-state index is -0.0805. The highest BCUT2D eigenvalue weighted by molar-refractivity contribution is 5.70. The van der Waals surface area contributed by atoms with Crippen LogP contribution in [0.1, 0.15) is 99.3 Å². The lowest BCUT2D eigenvalue weighted by Crippen LogP contribution is -2.19. The van der Waals surface area contributed by atoms with Gasteiger partial charge in [0.2, 0.25) is 0 Å². The monoisotopic (exact) mass is 356 g/mol.